The Morgan fingerprint density at radius 3 is 0.766 bits per heavy atom. The molecule has 0 saturated heterocycles. The van der Waals surface area contributed by atoms with Gasteiger partial charge in [-0.1, -0.05) is 309 Å². The van der Waals surface area contributed by atoms with E-state index in [1.807, 2.05) is 90.0 Å². The molecule has 0 aromatic heterocycles. The number of hydrogen-bond acceptors (Lipinski definition) is 0. The maximum Gasteiger partial charge on any atom is 0.389 e. The molecule has 0 N–H and O–H groups in total. The van der Waals surface area contributed by atoms with Crippen LogP contribution < -0.4 is 0 Å². The molecule has 404 valence electrons. The number of unbranched alkanes of at least 4 members (excludes halogenated alkanes) is 1. The van der Waals surface area contributed by atoms with Crippen molar-refractivity contribution in [2.45, 2.75) is 334 Å². The van der Waals surface area contributed by atoms with E-state index in [9.17, 15) is 26.3 Å². The van der Waals surface area contributed by atoms with Gasteiger partial charge in [0.1, 0.15) is 0 Å². The van der Waals surface area contributed by atoms with Crippen LogP contribution >= 0.6 is 0 Å². The molecule has 2 saturated carbocycles. The largest absolute Gasteiger partial charge is 0.389 e. The smallest absolute Gasteiger partial charge is 0.171 e. The first-order chi connectivity index (χ1) is 31.9. The summed E-state index contributed by atoms with van der Waals surface area (Å²) in [4.78, 5) is 0. The molecule has 2 aliphatic carbocycles. The standard InChI is InChI=1S/C7H14.2C6H11F3.C6H12.C6H14.2C5H12.3C4H10.C3H8.C2H6/c1-7-5-3-2-4-6-7;2*1-3-5(2)4-6(7,8)9;1-6-4-2-3-5-6;1-5-6(2,3)4;1-5(2,3)4;1-4-5(2)3;1-4(2)3;2*1-3-4-2;1-3-2;1-2/h7H,2-6H2,1H3;2*5H,3-4H2,1-2H3;6H,2-5H2,1H3;5H2,1-4H3;1-4H3;5H,4H2,1-3H3;4H,1-3H3;2*3-4H2,1-2H3;3H2,1-2H3;1-2H3/t;2*5-;;;;;;;;;/m.00........./s1/i7D;;;6D;5D2;;4D2;4D;3D2;;;. The molecule has 0 heterocycles. The van der Waals surface area contributed by atoms with Gasteiger partial charge in [-0.3, -0.25) is 0 Å². The molecule has 2 rings (SSSR count). The molecule has 0 aliphatic heterocycles. The summed E-state index contributed by atoms with van der Waals surface area (Å²) < 4.78 is 133. The van der Waals surface area contributed by atoms with E-state index in [0.717, 1.165) is 25.7 Å². The van der Waals surface area contributed by atoms with Gasteiger partial charge in [-0.25, -0.2) is 0 Å². The van der Waals surface area contributed by atoms with Crippen LogP contribution in [0.5, 0.6) is 0 Å². The predicted octanol–water partition coefficient (Wildman–Crippen LogP) is 25.0. The van der Waals surface area contributed by atoms with Gasteiger partial charge in [0.15, 0.2) is 0 Å². The summed E-state index contributed by atoms with van der Waals surface area (Å²) in [6, 6.07) is 0. The summed E-state index contributed by atoms with van der Waals surface area (Å²) in [7, 11) is 0. The van der Waals surface area contributed by atoms with E-state index in [4.69, 9.17) is 12.3 Å². The zero-order chi connectivity index (χ0) is 61.8. The molecule has 2 fully saturated rings. The van der Waals surface area contributed by atoms with E-state index < -0.39 is 44.3 Å². The van der Waals surface area contributed by atoms with Crippen molar-refractivity contribution in [3.63, 3.8) is 0 Å². The van der Waals surface area contributed by atoms with Crippen molar-refractivity contribution in [1.82, 2.24) is 0 Å². The van der Waals surface area contributed by atoms with Gasteiger partial charge in [-0.05, 0) is 46.3 Å². The Morgan fingerprint density at radius 2 is 0.703 bits per heavy atom. The Bertz CT molecular complexity index is 1010. The summed E-state index contributed by atoms with van der Waals surface area (Å²) in [5.41, 5.74) is 0.271. The lowest BCUT2D eigenvalue weighted by Crippen LogP contribution is -2.12. The van der Waals surface area contributed by atoms with E-state index >= 15 is 0 Å². The molecular formula is C58H130F6. The van der Waals surface area contributed by atoms with Crippen molar-refractivity contribution in [3.05, 3.63) is 0 Å². The van der Waals surface area contributed by atoms with Crippen LogP contribution in [0, 0.1) is 46.3 Å². The quantitative estimate of drug-likeness (QED) is 0.223. The van der Waals surface area contributed by atoms with Gasteiger partial charge in [0.05, 0.1) is 0 Å². The fourth-order valence-corrected chi connectivity index (χ4v) is 3.21. The molecule has 0 spiro atoms. The van der Waals surface area contributed by atoms with Gasteiger partial charge in [0, 0.05) is 25.2 Å². The molecule has 2 aliphatic rings. The number of rotatable bonds is 7. The van der Waals surface area contributed by atoms with E-state index in [0.29, 0.717) is 24.7 Å². The van der Waals surface area contributed by atoms with Crippen molar-refractivity contribution in [2.24, 2.45) is 46.3 Å². The number of halogens is 6. The van der Waals surface area contributed by atoms with Crippen LogP contribution in [0.4, 0.5) is 26.3 Å². The van der Waals surface area contributed by atoms with Crippen LogP contribution in [-0.4, -0.2) is 12.4 Å². The van der Waals surface area contributed by atoms with Crippen molar-refractivity contribution in [3.8, 4) is 0 Å². The highest BCUT2D eigenvalue weighted by Crippen LogP contribution is 2.27. The van der Waals surface area contributed by atoms with E-state index in [1.54, 1.807) is 48.5 Å². The molecule has 0 aromatic rings. The lowest BCUT2D eigenvalue weighted by molar-refractivity contribution is -0.144. The van der Waals surface area contributed by atoms with Crippen molar-refractivity contribution in [2.75, 3.05) is 0 Å². The van der Waals surface area contributed by atoms with Gasteiger partial charge in [0.2, 0.25) is 0 Å². The summed E-state index contributed by atoms with van der Waals surface area (Å²) in [6.45, 7) is 53.8. The summed E-state index contributed by atoms with van der Waals surface area (Å²) in [5.74, 6) is -0.708. The topological polar surface area (TPSA) is 0 Å². The molecule has 6 heteroatoms. The van der Waals surface area contributed by atoms with Crippen LogP contribution in [0.25, 0.3) is 0 Å². The Hall–Kier alpha value is -0.420. The van der Waals surface area contributed by atoms with Crippen LogP contribution in [0.1, 0.15) is 334 Å². The summed E-state index contributed by atoms with van der Waals surface area (Å²) in [5, 5.41) is 0. The second-order valence-electron chi connectivity index (χ2n) is 20.2. The van der Waals surface area contributed by atoms with Crippen molar-refractivity contribution < 1.29 is 38.7 Å². The minimum absolute atomic E-state index is 0.0556. The Morgan fingerprint density at radius 1 is 0.516 bits per heavy atom. The molecule has 64 heavy (non-hydrogen) atoms. The van der Waals surface area contributed by atoms with Crippen molar-refractivity contribution in [1.29, 1.82) is 0 Å². The monoisotopic (exact) mass is 950 g/mol. The average Bonchev–Trinajstić information content (AvgIpc) is 3.56. The lowest BCUT2D eigenvalue weighted by Gasteiger charge is -2.15. The second kappa shape index (κ2) is 62.6. The number of hydrogen-bond donors (Lipinski definition) is 0. The van der Waals surface area contributed by atoms with Gasteiger partial charge in [0.25, 0.3) is 0 Å². The highest BCUT2D eigenvalue weighted by Gasteiger charge is 2.29. The first-order valence-electron chi connectivity index (χ1n) is 30.0. The van der Waals surface area contributed by atoms with E-state index in [1.165, 1.54) is 51.4 Å². The first kappa shape index (κ1) is 63.6. The van der Waals surface area contributed by atoms with Crippen LogP contribution in [-0.2, 0) is 0 Å². The zero-order valence-corrected chi connectivity index (χ0v) is 49.0. The third-order valence-electron chi connectivity index (χ3n) is 7.90. The maximum atomic E-state index is 11.5. The molecule has 0 nitrogen and oxygen atoms in total. The zero-order valence-electron chi connectivity index (χ0n) is 58.0. The van der Waals surface area contributed by atoms with Crippen LogP contribution in [0.3, 0.4) is 0 Å². The Kier molecular flexibility index (Phi) is 62.2. The maximum absolute atomic E-state index is 11.5. The minimum atomic E-state index is -3.98. The molecule has 0 amide bonds. The summed E-state index contributed by atoms with van der Waals surface area (Å²) in [6.07, 6.45) is 4.35. The van der Waals surface area contributed by atoms with Crippen LogP contribution in [0.15, 0.2) is 0 Å². The molecule has 0 radical (unpaired) electrons. The van der Waals surface area contributed by atoms with Gasteiger partial charge in [-0.2, -0.15) is 26.3 Å². The molecule has 2 atom stereocenters. The molecule has 0 bridgehead atoms. The first-order valence-corrected chi connectivity index (χ1v) is 25.5. The minimum Gasteiger partial charge on any atom is -0.171 e. The Balaban J connectivity index is -0.0000000753. The SMILES string of the molecule is CC.CC(C)(C)C.CCC.CCCC.CC[C@H](C)CC(F)(F)F.CC[C@H](C)CC(F)(F)F.[2H]C(C)(C)C.[2H]C([2H])(C)C(C)(C)C.[2H]C([2H])(C)C(C)C.[2H]C([2H])(C)CC.[2H]C1(C)CCCC1.[2H]C1(C)CCCCC1. The average molecular weight is 951 g/mol. The third kappa shape index (κ3) is 179. The van der Waals surface area contributed by atoms with E-state index in [2.05, 4.69) is 55.4 Å². The third-order valence-corrected chi connectivity index (χ3v) is 7.90. The lowest BCUT2D eigenvalue weighted by atomic mass is 9.91. The second-order valence-corrected chi connectivity index (χ2v) is 20.2. The fourth-order valence-electron chi connectivity index (χ4n) is 3.21. The fraction of sp³-hybridized carbons (Fsp3) is 1.00. The Labute approximate surface area is 418 Å². The van der Waals surface area contributed by atoms with E-state index in [-0.39, 0.29) is 40.9 Å². The normalized spacial score (nSPS) is 18.1. The molecule has 0 unspecified atom stereocenters. The highest BCUT2D eigenvalue weighted by molar-refractivity contribution is 4.61. The number of alkyl halides is 6. The predicted molar refractivity (Wildman–Crippen MR) is 289 cm³/mol. The molecular weight excluding hydrogens is 811 g/mol. The highest BCUT2D eigenvalue weighted by atomic mass is 19.4. The van der Waals surface area contributed by atoms with Crippen molar-refractivity contribution >= 4 is 0 Å². The van der Waals surface area contributed by atoms with Gasteiger partial charge in [-0.15, -0.1) is 0 Å². The van der Waals surface area contributed by atoms with Gasteiger partial charge < -0.3 is 0 Å². The van der Waals surface area contributed by atoms with Gasteiger partial charge >= 0.3 is 12.4 Å². The molecule has 0 aromatic carbocycles. The summed E-state index contributed by atoms with van der Waals surface area (Å²) >= 11 is 0. The van der Waals surface area contributed by atoms with Crippen LogP contribution in [0.2, 0.25) is 0 Å².